The molecule has 0 spiro atoms. The van der Waals surface area contributed by atoms with E-state index in [9.17, 15) is 39.0 Å². The molecule has 11 nitrogen and oxygen atoms in total. The molecule has 2 amide bonds. The number of aryl methyl sites for hydroxylation is 1. The first-order valence-electron chi connectivity index (χ1n) is 22.3. The van der Waals surface area contributed by atoms with E-state index in [1.54, 1.807) is 25.1 Å². The average Bonchev–Trinajstić information content (AvgIpc) is 3.25. The third-order valence-electron chi connectivity index (χ3n) is 12.2. The zero-order chi connectivity index (χ0) is 45.8. The summed E-state index contributed by atoms with van der Waals surface area (Å²) >= 11 is 0. The van der Waals surface area contributed by atoms with Crippen LogP contribution in [0, 0.1) is 17.8 Å². The number of rotatable bonds is 18. The minimum atomic E-state index is -1.23. The van der Waals surface area contributed by atoms with Crippen molar-refractivity contribution in [3.8, 4) is 33.8 Å². The smallest absolute Gasteiger partial charge is 0.226 e. The molecule has 0 fully saturated rings. The number of Topliss-reactive ketones (excluding diaryl/α,β-unsaturated/α-hetero) is 4. The molecule has 4 bridgehead atoms. The lowest BCUT2D eigenvalue weighted by molar-refractivity contribution is -0.144. The van der Waals surface area contributed by atoms with Gasteiger partial charge in [-0.25, -0.2) is 0 Å². The number of aromatic hydroxyl groups is 2. The second kappa shape index (κ2) is 22.4. The van der Waals surface area contributed by atoms with Crippen LogP contribution < -0.4 is 11.1 Å². The van der Waals surface area contributed by atoms with Gasteiger partial charge in [-0.05, 0) is 104 Å². The second-order valence-electron chi connectivity index (χ2n) is 17.5. The topological polar surface area (TPSA) is 184 Å². The fraction of sp³-hybridized carbons (Fsp3) is 0.423. The van der Waals surface area contributed by atoms with Gasteiger partial charge in [0.1, 0.15) is 23.3 Å². The highest BCUT2D eigenvalue weighted by molar-refractivity contribution is 5.98. The van der Waals surface area contributed by atoms with Gasteiger partial charge in [-0.15, -0.1) is 0 Å². The summed E-state index contributed by atoms with van der Waals surface area (Å²) in [6.45, 7) is 7.36. The molecule has 1 aliphatic heterocycles. The Kier molecular flexibility index (Phi) is 17.1. The Morgan fingerprint density at radius 3 is 2.08 bits per heavy atom. The molecule has 4 aromatic rings. The molecule has 0 unspecified atom stereocenters. The number of amides is 2. The average molecular weight is 858 g/mol. The van der Waals surface area contributed by atoms with Crippen molar-refractivity contribution in [3.63, 3.8) is 0 Å². The Labute approximate surface area is 371 Å². The van der Waals surface area contributed by atoms with Crippen molar-refractivity contribution in [2.75, 3.05) is 13.6 Å². The van der Waals surface area contributed by atoms with Crippen molar-refractivity contribution < 1.29 is 39.0 Å². The van der Waals surface area contributed by atoms with Crippen molar-refractivity contribution in [3.05, 3.63) is 107 Å². The summed E-state index contributed by atoms with van der Waals surface area (Å²) in [7, 11) is 1.49. The van der Waals surface area contributed by atoms with Gasteiger partial charge in [0, 0.05) is 61.3 Å². The molecule has 334 valence electrons. The summed E-state index contributed by atoms with van der Waals surface area (Å²) in [5.41, 5.74) is 11.2. The van der Waals surface area contributed by atoms with Gasteiger partial charge in [0.2, 0.25) is 11.8 Å². The molecule has 1 aliphatic rings. The molecule has 5 N–H and O–H groups in total. The van der Waals surface area contributed by atoms with E-state index in [0.717, 1.165) is 30.4 Å². The summed E-state index contributed by atoms with van der Waals surface area (Å²) in [6.07, 6.45) is 4.84. The summed E-state index contributed by atoms with van der Waals surface area (Å²) < 4.78 is 0. The minimum absolute atomic E-state index is 0.0764. The number of nitrogens with two attached hydrogens (primary N) is 1. The second-order valence-corrected chi connectivity index (χ2v) is 17.5. The number of carbonyl (C=O) groups excluding carboxylic acids is 6. The third kappa shape index (κ3) is 12.8. The van der Waals surface area contributed by atoms with Gasteiger partial charge in [0.15, 0.2) is 17.3 Å². The number of fused-ring (bicyclic) bond motifs is 5. The molecule has 0 saturated heterocycles. The first-order valence-corrected chi connectivity index (χ1v) is 22.3. The Morgan fingerprint density at radius 2 is 1.44 bits per heavy atom. The van der Waals surface area contributed by atoms with Crippen LogP contribution in [0.1, 0.15) is 119 Å². The Morgan fingerprint density at radius 1 is 0.810 bits per heavy atom. The molecule has 63 heavy (non-hydrogen) atoms. The maximum Gasteiger partial charge on any atom is 0.226 e. The number of phenols is 2. The lowest BCUT2D eigenvalue weighted by atomic mass is 9.87. The van der Waals surface area contributed by atoms with Crippen molar-refractivity contribution in [1.82, 2.24) is 10.2 Å². The van der Waals surface area contributed by atoms with Gasteiger partial charge in [0.05, 0.1) is 6.04 Å². The maximum atomic E-state index is 14.6. The number of benzene rings is 4. The highest BCUT2D eigenvalue weighted by atomic mass is 16.3. The van der Waals surface area contributed by atoms with Crippen molar-refractivity contribution in [2.45, 2.75) is 110 Å². The molecule has 5 atom stereocenters. The summed E-state index contributed by atoms with van der Waals surface area (Å²) in [4.78, 5) is 83.4. The predicted molar refractivity (Wildman–Crippen MR) is 245 cm³/mol. The van der Waals surface area contributed by atoms with Crippen LogP contribution in [-0.4, -0.2) is 69.7 Å². The molecule has 0 aliphatic carbocycles. The van der Waals surface area contributed by atoms with Crippen LogP contribution in [0.15, 0.2) is 84.9 Å². The number of carbonyl (C=O) groups is 6. The van der Waals surface area contributed by atoms with E-state index in [2.05, 4.69) is 36.5 Å². The van der Waals surface area contributed by atoms with Crippen LogP contribution in [-0.2, 0) is 36.8 Å². The molecule has 5 rings (SSSR count). The van der Waals surface area contributed by atoms with Crippen LogP contribution in [0.4, 0.5) is 0 Å². The van der Waals surface area contributed by atoms with E-state index < -0.39 is 41.5 Å². The zero-order valence-corrected chi connectivity index (χ0v) is 37.3. The Balaban J connectivity index is 1.34. The number of nitrogens with zero attached hydrogens (tertiary/aromatic N) is 1. The molecule has 0 aromatic heterocycles. The molecule has 4 aromatic carbocycles. The first kappa shape index (κ1) is 48.1. The molecule has 1 heterocycles. The quantitative estimate of drug-likeness (QED) is 0.0563. The van der Waals surface area contributed by atoms with E-state index in [1.165, 1.54) is 42.6 Å². The third-order valence-corrected chi connectivity index (χ3v) is 12.2. The Bertz CT molecular complexity index is 2270. The number of hydrogen-bond acceptors (Lipinski definition) is 9. The van der Waals surface area contributed by atoms with Gasteiger partial charge < -0.3 is 26.2 Å². The number of unbranched alkanes of at least 4 members (excludes halogenated alkanes) is 2. The van der Waals surface area contributed by atoms with Crippen LogP contribution >= 0.6 is 0 Å². The standard InChI is InChI=1S/C52H63N3O8/c1-6-7-10-35-12-15-37(16-13-35)38-17-19-39(20-18-38)48(60)26-32(2)25-42(57)30-41(11-8-9-24-53)52(63)55(5)50-40-21-23-47(59)44(31-40)43-28-36(14-22-46(43)58)29-45(34(4)56)54-51(62)33(3)27-49(50)61/h12-23,28,31-33,41,45,50,58-59H,6-11,24-27,29-30,53H2,1-5H3,(H,54,62)/t32-,33+,41+,45-,50-/m0/s1. The van der Waals surface area contributed by atoms with Crippen molar-refractivity contribution >= 4 is 34.9 Å². The number of nitrogens with one attached hydrogen (secondary N) is 1. The van der Waals surface area contributed by atoms with Crippen molar-refractivity contribution in [2.24, 2.45) is 23.5 Å². The highest BCUT2D eigenvalue weighted by Gasteiger charge is 2.36. The van der Waals surface area contributed by atoms with Crippen LogP contribution in [0.25, 0.3) is 22.3 Å². The zero-order valence-electron chi connectivity index (χ0n) is 37.3. The predicted octanol–water partition coefficient (Wildman–Crippen LogP) is 8.50. The lowest BCUT2D eigenvalue weighted by Gasteiger charge is -2.32. The molecule has 0 radical (unpaired) electrons. The monoisotopic (exact) mass is 857 g/mol. The summed E-state index contributed by atoms with van der Waals surface area (Å²) in [6, 6.07) is 23.0. The van der Waals surface area contributed by atoms with Gasteiger partial charge in [-0.2, -0.15) is 0 Å². The molecular formula is C52H63N3O8. The van der Waals surface area contributed by atoms with Gasteiger partial charge in [-0.1, -0.05) is 94.3 Å². The number of likely N-dealkylation sites (N-methyl/N-ethyl adjacent to an activating group) is 1. The highest BCUT2D eigenvalue weighted by Crippen LogP contribution is 2.40. The fourth-order valence-electron chi connectivity index (χ4n) is 8.45. The van der Waals surface area contributed by atoms with Crippen LogP contribution in [0.3, 0.4) is 0 Å². The Hall–Kier alpha value is -5.94. The van der Waals surface area contributed by atoms with Crippen LogP contribution in [0.2, 0.25) is 0 Å². The number of hydrogen-bond donors (Lipinski definition) is 4. The van der Waals surface area contributed by atoms with E-state index in [0.29, 0.717) is 42.5 Å². The minimum Gasteiger partial charge on any atom is -0.507 e. The van der Waals surface area contributed by atoms with Gasteiger partial charge in [-0.3, -0.25) is 28.8 Å². The van der Waals surface area contributed by atoms with E-state index in [1.807, 2.05) is 31.2 Å². The van der Waals surface area contributed by atoms with E-state index in [4.69, 9.17) is 5.73 Å². The van der Waals surface area contributed by atoms with Crippen molar-refractivity contribution in [1.29, 1.82) is 0 Å². The summed E-state index contributed by atoms with van der Waals surface area (Å²) in [5, 5.41) is 24.8. The molecular weight excluding hydrogens is 795 g/mol. The number of ketones is 4. The SMILES string of the molecule is CCCCc1ccc(-c2ccc(C(=O)C[C@@H](C)CC(=O)C[C@@H](CCCCN)C(=O)N(C)[C@@H]3C(=O)C[C@@H](C)C(=O)N[C@H](C(C)=O)Cc4ccc(O)c(c4)-c4cc3ccc4O)cc2)cc1. The molecule has 0 saturated carbocycles. The summed E-state index contributed by atoms with van der Waals surface area (Å²) in [5.74, 6) is -4.27. The normalized spacial score (nSPS) is 17.5. The van der Waals surface area contributed by atoms with Gasteiger partial charge >= 0.3 is 0 Å². The van der Waals surface area contributed by atoms with E-state index >= 15 is 0 Å². The number of phenolic OH excluding ortho intramolecular Hbond substituents is 2. The largest absolute Gasteiger partial charge is 0.507 e. The van der Waals surface area contributed by atoms with Gasteiger partial charge in [0.25, 0.3) is 0 Å². The van der Waals surface area contributed by atoms with Crippen LogP contribution in [0.5, 0.6) is 11.5 Å². The maximum absolute atomic E-state index is 14.6. The fourth-order valence-corrected chi connectivity index (χ4v) is 8.45. The lowest BCUT2D eigenvalue weighted by Crippen LogP contribution is -2.45. The van der Waals surface area contributed by atoms with E-state index in [-0.39, 0.29) is 78.0 Å². The first-order chi connectivity index (χ1) is 30.1. The molecule has 11 heteroatoms.